The highest BCUT2D eigenvalue weighted by Gasteiger charge is 2.58. The Morgan fingerprint density at radius 2 is 1.51 bits per heavy atom. The number of esters is 1. The molecular formula is C42H64O15. The third-order valence-electron chi connectivity index (χ3n) is 14.6. The van der Waals surface area contributed by atoms with Gasteiger partial charge in [0, 0.05) is 41.1 Å². The molecule has 15 heteroatoms. The number of carbonyl (C=O) groups is 1. The Kier molecular flexibility index (Phi) is 12.2. The minimum absolute atomic E-state index is 0.0721. The molecular weight excluding hydrogens is 744 g/mol. The van der Waals surface area contributed by atoms with Crippen molar-refractivity contribution < 1.29 is 71.8 Å². The average molecular weight is 809 g/mol. The maximum Gasteiger partial charge on any atom is 0.309 e. The first-order valence-electron chi connectivity index (χ1n) is 21.0. The SMILES string of the molecule is CO[C@@H]1[C@@H](O)[C@H](O[C@@H]2CC[C@]3(C)C(=CC[C@H]4C(=O)O[C@H]5CO[C@]6(C)OC=C(CC[C@@H]43)[C@H]56)C2)O[C@H](C)[C@@H]1O[C@H]1C[C@H](OC)[C@@H](O[C@H]2C[C@H](OC)[C@H](O)[C@@H](C)O2)[C@H](C)O1. The van der Waals surface area contributed by atoms with Crippen LogP contribution in [0.4, 0.5) is 0 Å². The highest BCUT2D eigenvalue weighted by atomic mass is 16.8. The molecule has 6 aliphatic heterocycles. The van der Waals surface area contributed by atoms with Gasteiger partial charge in [0.2, 0.25) is 5.79 Å². The quantitative estimate of drug-likeness (QED) is 0.256. The normalized spacial score (nSPS) is 51.2. The van der Waals surface area contributed by atoms with Crippen LogP contribution in [-0.4, -0.2) is 142 Å². The number of hydrogen-bond donors (Lipinski definition) is 2. The van der Waals surface area contributed by atoms with Gasteiger partial charge >= 0.3 is 5.97 Å². The Bertz CT molecular complexity index is 1510. The molecule has 6 heterocycles. The van der Waals surface area contributed by atoms with Crippen LogP contribution < -0.4 is 0 Å². The average Bonchev–Trinajstić information content (AvgIpc) is 3.70. The largest absolute Gasteiger partial charge is 0.469 e. The van der Waals surface area contributed by atoms with Crippen molar-refractivity contribution in [3.63, 3.8) is 0 Å². The molecule has 2 aliphatic carbocycles. The molecule has 322 valence electrons. The van der Waals surface area contributed by atoms with Gasteiger partial charge in [-0.05, 0) is 76.2 Å². The molecule has 0 radical (unpaired) electrons. The van der Waals surface area contributed by atoms with Gasteiger partial charge in [0.1, 0.15) is 36.6 Å². The minimum Gasteiger partial charge on any atom is -0.469 e. The predicted octanol–water partition coefficient (Wildman–Crippen LogP) is 3.66. The number of allylic oxidation sites excluding steroid dienone is 1. The number of aliphatic hydroxyl groups excluding tert-OH is 2. The van der Waals surface area contributed by atoms with Crippen molar-refractivity contribution in [2.24, 2.45) is 23.2 Å². The number of carbonyl (C=O) groups excluding carboxylic acids is 1. The predicted molar refractivity (Wildman–Crippen MR) is 199 cm³/mol. The van der Waals surface area contributed by atoms with Crippen LogP contribution in [0.3, 0.4) is 0 Å². The van der Waals surface area contributed by atoms with E-state index >= 15 is 0 Å². The Morgan fingerprint density at radius 1 is 0.807 bits per heavy atom. The molecule has 8 aliphatic rings. The standard InChI is InChI=1S/C42H64O15/c1-20-34(43)28(46-6)16-31(51-20)56-36-21(2)52-32(17-29(36)47-7)57-37-22(3)53-40(35(44)38(37)48-8)54-25-13-14-41(4)24(15-25)10-11-26-27(41)12-9-23-18-49-42(5)33(23)30(19-50-42)55-39(26)45/h10,18,20-22,25-38,40,43-44H,9,11-17,19H2,1-8H3/t20-,21+,22-,25-,26-,27+,28+,29+,30+,31+,32+,33-,34-,35-,36+,37+,38-,40+,41-,42+/m1/s1. The minimum atomic E-state index is -1.13. The Morgan fingerprint density at radius 3 is 2.25 bits per heavy atom. The van der Waals surface area contributed by atoms with Gasteiger partial charge in [-0.1, -0.05) is 18.6 Å². The molecule has 6 fully saturated rings. The van der Waals surface area contributed by atoms with Gasteiger partial charge in [0.15, 0.2) is 18.9 Å². The highest BCUT2D eigenvalue weighted by Crippen LogP contribution is 2.57. The fraction of sp³-hybridized carbons (Fsp3) is 0.881. The maximum absolute atomic E-state index is 13.7. The molecule has 15 nitrogen and oxygen atoms in total. The number of rotatable bonds is 9. The second-order valence-electron chi connectivity index (χ2n) is 17.9. The number of hydrogen-bond acceptors (Lipinski definition) is 15. The lowest BCUT2D eigenvalue weighted by atomic mass is 9.55. The second-order valence-corrected chi connectivity index (χ2v) is 17.9. The zero-order valence-corrected chi connectivity index (χ0v) is 34.6. The van der Waals surface area contributed by atoms with E-state index in [0.29, 0.717) is 32.3 Å². The molecule has 8 rings (SSSR count). The van der Waals surface area contributed by atoms with Crippen LogP contribution in [-0.2, 0) is 61.6 Å². The van der Waals surface area contributed by atoms with Crippen LogP contribution in [0.5, 0.6) is 0 Å². The fourth-order valence-electron chi connectivity index (χ4n) is 11.3. The monoisotopic (exact) mass is 808 g/mol. The van der Waals surface area contributed by atoms with Gasteiger partial charge in [-0.3, -0.25) is 4.79 Å². The number of methoxy groups -OCH3 is 3. The molecule has 0 amide bonds. The summed E-state index contributed by atoms with van der Waals surface area (Å²) in [5.41, 5.74) is 2.27. The van der Waals surface area contributed by atoms with E-state index in [0.717, 1.165) is 25.7 Å². The summed E-state index contributed by atoms with van der Waals surface area (Å²) in [6.07, 6.45) is 0.723. The van der Waals surface area contributed by atoms with Gasteiger partial charge in [-0.15, -0.1) is 0 Å². The van der Waals surface area contributed by atoms with Crippen molar-refractivity contribution in [1.29, 1.82) is 0 Å². The summed E-state index contributed by atoms with van der Waals surface area (Å²) in [6, 6.07) is 0. The van der Waals surface area contributed by atoms with E-state index in [4.69, 9.17) is 56.8 Å². The van der Waals surface area contributed by atoms with Crippen LogP contribution in [0, 0.1) is 23.2 Å². The van der Waals surface area contributed by atoms with Gasteiger partial charge < -0.3 is 67.1 Å². The summed E-state index contributed by atoms with van der Waals surface area (Å²) in [4.78, 5) is 13.7. The lowest BCUT2D eigenvalue weighted by Crippen LogP contribution is -2.61. The highest BCUT2D eigenvalue weighted by molar-refractivity contribution is 5.74. The van der Waals surface area contributed by atoms with E-state index in [1.54, 1.807) is 28.3 Å². The third kappa shape index (κ3) is 7.76. The van der Waals surface area contributed by atoms with Gasteiger partial charge in [0.05, 0.1) is 61.3 Å². The van der Waals surface area contributed by atoms with E-state index in [2.05, 4.69) is 13.0 Å². The first-order chi connectivity index (χ1) is 27.3. The summed E-state index contributed by atoms with van der Waals surface area (Å²) in [5, 5.41) is 22.0. The molecule has 0 aromatic carbocycles. The smallest absolute Gasteiger partial charge is 0.309 e. The third-order valence-corrected chi connectivity index (χ3v) is 14.6. The molecule has 2 N–H and O–H groups in total. The van der Waals surface area contributed by atoms with Gasteiger partial charge in [-0.2, -0.15) is 0 Å². The van der Waals surface area contributed by atoms with E-state index < -0.39 is 79.6 Å². The van der Waals surface area contributed by atoms with Crippen molar-refractivity contribution in [2.45, 2.75) is 184 Å². The lowest BCUT2D eigenvalue weighted by Gasteiger charge is -2.51. The van der Waals surface area contributed by atoms with Crippen LogP contribution in [0.15, 0.2) is 23.5 Å². The van der Waals surface area contributed by atoms with Crippen LogP contribution >= 0.6 is 0 Å². The molecule has 0 aromatic rings. The number of ether oxygens (including phenoxy) is 12. The van der Waals surface area contributed by atoms with E-state index in [9.17, 15) is 15.0 Å². The van der Waals surface area contributed by atoms with Crippen LogP contribution in [0.2, 0.25) is 0 Å². The fourth-order valence-corrected chi connectivity index (χ4v) is 11.3. The van der Waals surface area contributed by atoms with Crippen molar-refractivity contribution in [2.75, 3.05) is 27.9 Å². The Labute approximate surface area is 335 Å². The number of aliphatic hydroxyl groups is 2. The van der Waals surface area contributed by atoms with E-state index in [1.807, 2.05) is 27.0 Å². The van der Waals surface area contributed by atoms with E-state index in [-0.39, 0.29) is 47.4 Å². The molecule has 0 aromatic heterocycles. The zero-order valence-electron chi connectivity index (χ0n) is 34.6. The molecule has 1 saturated carbocycles. The second kappa shape index (κ2) is 16.6. The van der Waals surface area contributed by atoms with Crippen molar-refractivity contribution in [3.8, 4) is 0 Å². The van der Waals surface area contributed by atoms with Gasteiger partial charge in [0.25, 0.3) is 0 Å². The Balaban J connectivity index is 0.877. The van der Waals surface area contributed by atoms with Crippen LogP contribution in [0.25, 0.3) is 0 Å². The lowest BCUT2D eigenvalue weighted by molar-refractivity contribution is -0.353. The first kappa shape index (κ1) is 42.0. The van der Waals surface area contributed by atoms with E-state index in [1.165, 1.54) is 11.1 Å². The summed E-state index contributed by atoms with van der Waals surface area (Å²) >= 11 is 0. The van der Waals surface area contributed by atoms with Crippen molar-refractivity contribution >= 4 is 5.97 Å². The summed E-state index contributed by atoms with van der Waals surface area (Å²) in [7, 11) is 4.74. The number of fused-ring (bicyclic) bond motifs is 3. The molecule has 57 heavy (non-hydrogen) atoms. The molecule has 20 atom stereocenters. The Hall–Kier alpha value is -1.73. The molecule has 0 spiro atoms. The molecule has 5 saturated heterocycles. The van der Waals surface area contributed by atoms with Crippen molar-refractivity contribution in [1.82, 2.24) is 0 Å². The topological polar surface area (TPSA) is 168 Å². The van der Waals surface area contributed by atoms with Gasteiger partial charge in [-0.25, -0.2) is 0 Å². The first-order valence-corrected chi connectivity index (χ1v) is 21.0. The molecule has 0 bridgehead atoms. The summed E-state index contributed by atoms with van der Waals surface area (Å²) in [6.45, 7) is 10.2. The summed E-state index contributed by atoms with van der Waals surface area (Å²) < 4.78 is 73.4. The zero-order chi connectivity index (χ0) is 40.4. The maximum atomic E-state index is 13.7. The molecule has 0 unspecified atom stereocenters. The van der Waals surface area contributed by atoms with Crippen molar-refractivity contribution in [3.05, 3.63) is 23.5 Å². The summed E-state index contributed by atoms with van der Waals surface area (Å²) in [5.74, 6) is -1.07. The van der Waals surface area contributed by atoms with Crippen LogP contribution in [0.1, 0.15) is 86.0 Å².